The number of rotatable bonds is 1. The predicted octanol–water partition coefficient (Wildman–Crippen LogP) is 1.04. The standard InChI is InChI=1S/C10H17NO3/c12-7-8-1-3-10(4-2-8)5-6-11-9(13)14-10/h8,12H,1-7H2,(H,11,13). The minimum Gasteiger partial charge on any atom is -0.443 e. The Morgan fingerprint density at radius 1 is 1.43 bits per heavy atom. The predicted molar refractivity (Wildman–Crippen MR) is 50.9 cm³/mol. The fraction of sp³-hybridized carbons (Fsp3) is 0.900. The Balaban J connectivity index is 1.94. The second kappa shape index (κ2) is 3.77. The lowest BCUT2D eigenvalue weighted by molar-refractivity contribution is -0.0510. The molecule has 14 heavy (non-hydrogen) atoms. The molecule has 0 aromatic rings. The number of aliphatic hydroxyl groups excluding tert-OH is 1. The molecule has 2 fully saturated rings. The Hall–Kier alpha value is -0.770. The number of hydrogen-bond donors (Lipinski definition) is 2. The SMILES string of the molecule is O=C1NCCC2(CCC(CO)CC2)O1. The first-order valence-electron chi connectivity index (χ1n) is 5.32. The molecule has 80 valence electrons. The Bertz CT molecular complexity index is 221. The van der Waals surface area contributed by atoms with Gasteiger partial charge in [-0.1, -0.05) is 0 Å². The van der Waals surface area contributed by atoms with Crippen molar-refractivity contribution in [2.45, 2.75) is 37.7 Å². The van der Waals surface area contributed by atoms with E-state index in [0.717, 1.165) is 38.6 Å². The van der Waals surface area contributed by atoms with Crippen molar-refractivity contribution >= 4 is 6.09 Å². The van der Waals surface area contributed by atoms with Crippen LogP contribution in [-0.4, -0.2) is 30.0 Å². The lowest BCUT2D eigenvalue weighted by atomic mass is 9.77. The Morgan fingerprint density at radius 3 is 2.71 bits per heavy atom. The monoisotopic (exact) mass is 199 g/mol. The number of carbonyl (C=O) groups excluding carboxylic acids is 1. The van der Waals surface area contributed by atoms with Crippen molar-refractivity contribution in [1.29, 1.82) is 0 Å². The average molecular weight is 199 g/mol. The maximum absolute atomic E-state index is 11.1. The van der Waals surface area contributed by atoms with E-state index < -0.39 is 0 Å². The fourth-order valence-electron chi connectivity index (χ4n) is 2.41. The minimum absolute atomic E-state index is 0.214. The highest BCUT2D eigenvalue weighted by Gasteiger charge is 2.40. The molecular weight excluding hydrogens is 182 g/mol. The summed E-state index contributed by atoms with van der Waals surface area (Å²) in [5, 5.41) is 11.7. The highest BCUT2D eigenvalue weighted by Crippen LogP contribution is 2.38. The second-order valence-electron chi connectivity index (χ2n) is 4.38. The van der Waals surface area contributed by atoms with E-state index in [2.05, 4.69) is 5.32 Å². The molecule has 4 heteroatoms. The van der Waals surface area contributed by atoms with E-state index >= 15 is 0 Å². The summed E-state index contributed by atoms with van der Waals surface area (Å²) >= 11 is 0. The van der Waals surface area contributed by atoms with Gasteiger partial charge in [-0.15, -0.1) is 0 Å². The first kappa shape index (κ1) is 9.77. The number of carbonyl (C=O) groups is 1. The Kier molecular flexibility index (Phi) is 2.63. The Morgan fingerprint density at radius 2 is 2.14 bits per heavy atom. The number of hydrogen-bond acceptors (Lipinski definition) is 3. The summed E-state index contributed by atoms with van der Waals surface area (Å²) in [6.07, 6.45) is 4.40. The lowest BCUT2D eigenvalue weighted by Crippen LogP contribution is -2.49. The van der Waals surface area contributed by atoms with Crippen LogP contribution in [0.4, 0.5) is 4.79 Å². The molecule has 1 aliphatic heterocycles. The quantitative estimate of drug-likeness (QED) is 0.663. The van der Waals surface area contributed by atoms with E-state index in [-0.39, 0.29) is 18.3 Å². The van der Waals surface area contributed by atoms with Gasteiger partial charge in [-0.3, -0.25) is 0 Å². The van der Waals surface area contributed by atoms with Crippen molar-refractivity contribution in [1.82, 2.24) is 5.32 Å². The van der Waals surface area contributed by atoms with Crippen molar-refractivity contribution in [2.75, 3.05) is 13.2 Å². The van der Waals surface area contributed by atoms with Crippen molar-refractivity contribution in [3.63, 3.8) is 0 Å². The van der Waals surface area contributed by atoms with Gasteiger partial charge < -0.3 is 15.2 Å². The fourth-order valence-corrected chi connectivity index (χ4v) is 2.41. The third-order valence-electron chi connectivity index (χ3n) is 3.43. The van der Waals surface area contributed by atoms with Crippen LogP contribution < -0.4 is 5.32 Å². The van der Waals surface area contributed by atoms with Gasteiger partial charge in [0.1, 0.15) is 5.60 Å². The van der Waals surface area contributed by atoms with E-state index in [1.165, 1.54) is 0 Å². The van der Waals surface area contributed by atoms with Crippen molar-refractivity contribution in [3.8, 4) is 0 Å². The first-order chi connectivity index (χ1) is 6.74. The molecule has 2 N–H and O–H groups in total. The number of aliphatic hydroxyl groups is 1. The Labute approximate surface area is 83.6 Å². The van der Waals surface area contributed by atoms with Gasteiger partial charge >= 0.3 is 6.09 Å². The number of nitrogens with one attached hydrogen (secondary N) is 1. The molecule has 4 nitrogen and oxygen atoms in total. The first-order valence-corrected chi connectivity index (χ1v) is 5.32. The molecule has 0 atom stereocenters. The second-order valence-corrected chi connectivity index (χ2v) is 4.38. The van der Waals surface area contributed by atoms with Gasteiger partial charge in [0.25, 0.3) is 0 Å². The summed E-state index contributed by atoms with van der Waals surface area (Å²) in [7, 11) is 0. The largest absolute Gasteiger partial charge is 0.443 e. The molecule has 0 aromatic heterocycles. The van der Waals surface area contributed by atoms with Crippen LogP contribution >= 0.6 is 0 Å². The number of amides is 1. The molecular formula is C10H17NO3. The van der Waals surface area contributed by atoms with Crippen molar-refractivity contribution in [3.05, 3.63) is 0 Å². The van der Waals surface area contributed by atoms with Crippen LogP contribution in [0.25, 0.3) is 0 Å². The third-order valence-corrected chi connectivity index (χ3v) is 3.43. The van der Waals surface area contributed by atoms with Gasteiger partial charge in [0, 0.05) is 19.6 Å². The summed E-state index contributed by atoms with van der Waals surface area (Å²) in [6, 6.07) is 0. The van der Waals surface area contributed by atoms with Gasteiger partial charge in [0.05, 0.1) is 0 Å². The molecule has 0 bridgehead atoms. The van der Waals surface area contributed by atoms with E-state index in [9.17, 15) is 4.79 Å². The summed E-state index contributed by atoms with van der Waals surface area (Å²) in [5.74, 6) is 0.411. The average Bonchev–Trinajstić information content (AvgIpc) is 2.19. The number of ether oxygens (including phenoxy) is 1. The van der Waals surface area contributed by atoms with Gasteiger partial charge in [-0.05, 0) is 31.6 Å². The summed E-state index contributed by atoms with van der Waals surface area (Å²) in [5.41, 5.74) is -0.214. The highest BCUT2D eigenvalue weighted by atomic mass is 16.6. The van der Waals surface area contributed by atoms with E-state index in [1.807, 2.05) is 0 Å². The maximum Gasteiger partial charge on any atom is 0.407 e. The molecule has 2 rings (SSSR count). The van der Waals surface area contributed by atoms with Gasteiger partial charge in [0.15, 0.2) is 0 Å². The minimum atomic E-state index is -0.279. The third kappa shape index (κ3) is 1.85. The van der Waals surface area contributed by atoms with Crippen LogP contribution in [0.3, 0.4) is 0 Å². The van der Waals surface area contributed by atoms with Crippen LogP contribution in [0.2, 0.25) is 0 Å². The molecule has 1 heterocycles. The van der Waals surface area contributed by atoms with Gasteiger partial charge in [-0.25, -0.2) is 4.79 Å². The van der Waals surface area contributed by atoms with E-state index in [4.69, 9.17) is 9.84 Å². The van der Waals surface area contributed by atoms with Crippen LogP contribution in [0.15, 0.2) is 0 Å². The van der Waals surface area contributed by atoms with Crippen molar-refractivity contribution < 1.29 is 14.6 Å². The summed E-state index contributed by atoms with van der Waals surface area (Å²) in [4.78, 5) is 11.1. The van der Waals surface area contributed by atoms with Gasteiger partial charge in [0.2, 0.25) is 0 Å². The molecule has 1 saturated carbocycles. The van der Waals surface area contributed by atoms with Crippen LogP contribution in [0.1, 0.15) is 32.1 Å². The molecule has 0 radical (unpaired) electrons. The normalized spacial score (nSPS) is 37.8. The smallest absolute Gasteiger partial charge is 0.407 e. The van der Waals surface area contributed by atoms with Crippen molar-refractivity contribution in [2.24, 2.45) is 5.92 Å². The van der Waals surface area contributed by atoms with E-state index in [0.29, 0.717) is 5.92 Å². The van der Waals surface area contributed by atoms with Crippen LogP contribution in [0, 0.1) is 5.92 Å². The molecule has 0 aromatic carbocycles. The summed E-state index contributed by atoms with van der Waals surface area (Å²) in [6.45, 7) is 0.991. The lowest BCUT2D eigenvalue weighted by Gasteiger charge is -2.41. The maximum atomic E-state index is 11.1. The van der Waals surface area contributed by atoms with Crippen LogP contribution in [0.5, 0.6) is 0 Å². The summed E-state index contributed by atoms with van der Waals surface area (Å²) < 4.78 is 5.38. The zero-order valence-corrected chi connectivity index (χ0v) is 8.29. The topological polar surface area (TPSA) is 58.6 Å². The van der Waals surface area contributed by atoms with Crippen LogP contribution in [-0.2, 0) is 4.74 Å². The molecule has 0 unspecified atom stereocenters. The zero-order chi connectivity index (χ0) is 10.0. The molecule has 1 aliphatic carbocycles. The molecule has 1 amide bonds. The zero-order valence-electron chi connectivity index (χ0n) is 8.29. The molecule has 1 spiro atoms. The molecule has 2 aliphatic rings. The number of alkyl carbamates (subject to hydrolysis) is 1. The van der Waals surface area contributed by atoms with Gasteiger partial charge in [-0.2, -0.15) is 0 Å². The van der Waals surface area contributed by atoms with E-state index in [1.54, 1.807) is 0 Å². The molecule has 1 saturated heterocycles. The highest BCUT2D eigenvalue weighted by molar-refractivity contribution is 5.68.